The lowest BCUT2D eigenvalue weighted by Gasteiger charge is -2.38. The summed E-state index contributed by atoms with van der Waals surface area (Å²) in [6.07, 6.45) is 2.52. The lowest BCUT2D eigenvalue weighted by Crippen LogP contribution is -2.51. The van der Waals surface area contributed by atoms with E-state index < -0.39 is 10.0 Å². The highest BCUT2D eigenvalue weighted by Crippen LogP contribution is 2.22. The van der Waals surface area contributed by atoms with E-state index in [-0.39, 0.29) is 11.8 Å². The minimum atomic E-state index is -3.13. The zero-order chi connectivity index (χ0) is 17.2. The van der Waals surface area contributed by atoms with Crippen LogP contribution in [-0.4, -0.2) is 74.0 Å². The van der Waals surface area contributed by atoms with E-state index in [9.17, 15) is 13.2 Å². The average Bonchev–Trinajstić information content (AvgIpc) is 3.07. The Morgan fingerprint density at radius 1 is 1.17 bits per heavy atom. The van der Waals surface area contributed by atoms with Crippen LogP contribution in [0.4, 0.5) is 0 Å². The summed E-state index contributed by atoms with van der Waals surface area (Å²) in [5.74, 6) is 0.185. The van der Waals surface area contributed by atoms with Crippen LogP contribution >= 0.6 is 11.3 Å². The third-order valence-corrected chi connectivity index (χ3v) is 6.98. The van der Waals surface area contributed by atoms with Crippen LogP contribution in [0.2, 0.25) is 0 Å². The molecule has 0 unspecified atom stereocenters. The summed E-state index contributed by atoms with van der Waals surface area (Å²) in [4.78, 5) is 17.0. The zero-order valence-corrected chi connectivity index (χ0v) is 15.7. The van der Waals surface area contributed by atoms with E-state index in [1.807, 2.05) is 4.90 Å². The molecule has 0 aliphatic carbocycles. The fraction of sp³-hybridized carbons (Fsp3) is 0.688. The first kappa shape index (κ1) is 17.8. The van der Waals surface area contributed by atoms with Crippen molar-refractivity contribution in [3.05, 3.63) is 22.4 Å². The zero-order valence-electron chi connectivity index (χ0n) is 14.1. The first-order valence-electron chi connectivity index (χ1n) is 8.41. The number of hydrogen-bond acceptors (Lipinski definition) is 5. The molecule has 134 valence electrons. The maximum absolute atomic E-state index is 12.7. The van der Waals surface area contributed by atoms with Crippen molar-refractivity contribution in [1.29, 1.82) is 0 Å². The predicted molar refractivity (Wildman–Crippen MR) is 95.3 cm³/mol. The van der Waals surface area contributed by atoms with Gasteiger partial charge in [0.05, 0.1) is 6.26 Å². The molecule has 0 bridgehead atoms. The minimum absolute atomic E-state index is 0.0218. The summed E-state index contributed by atoms with van der Waals surface area (Å²) >= 11 is 1.72. The largest absolute Gasteiger partial charge is 0.340 e. The molecule has 2 fully saturated rings. The van der Waals surface area contributed by atoms with E-state index in [0.717, 1.165) is 32.7 Å². The SMILES string of the molecule is CS(=O)(=O)N1CCC(C(=O)N2CCN(Cc3ccsc3)CC2)CC1. The molecule has 0 saturated carbocycles. The second-order valence-corrected chi connectivity index (χ2v) is 9.43. The Bertz CT molecular complexity index is 644. The Labute approximate surface area is 148 Å². The van der Waals surface area contributed by atoms with Crippen molar-refractivity contribution in [2.75, 3.05) is 45.5 Å². The van der Waals surface area contributed by atoms with Gasteiger partial charge in [-0.1, -0.05) is 0 Å². The van der Waals surface area contributed by atoms with Gasteiger partial charge >= 0.3 is 0 Å². The van der Waals surface area contributed by atoms with Gasteiger partial charge in [-0.15, -0.1) is 0 Å². The molecule has 3 rings (SSSR count). The molecule has 0 spiro atoms. The van der Waals surface area contributed by atoms with Gasteiger partial charge in [-0.05, 0) is 35.2 Å². The van der Waals surface area contributed by atoms with Crippen LogP contribution in [0, 0.1) is 5.92 Å². The smallest absolute Gasteiger partial charge is 0.225 e. The highest BCUT2D eigenvalue weighted by atomic mass is 32.2. The second-order valence-electron chi connectivity index (χ2n) is 6.67. The summed E-state index contributed by atoms with van der Waals surface area (Å²) < 4.78 is 24.6. The highest BCUT2D eigenvalue weighted by molar-refractivity contribution is 7.88. The number of piperidine rings is 1. The van der Waals surface area contributed by atoms with Crippen molar-refractivity contribution in [1.82, 2.24) is 14.1 Å². The normalized spacial score (nSPS) is 22.0. The number of hydrogen-bond donors (Lipinski definition) is 0. The molecule has 2 saturated heterocycles. The monoisotopic (exact) mass is 371 g/mol. The predicted octanol–water partition coefficient (Wildman–Crippen LogP) is 1.06. The second kappa shape index (κ2) is 7.51. The molecular formula is C16H25N3O3S2. The Morgan fingerprint density at radius 3 is 2.38 bits per heavy atom. The molecule has 1 aromatic rings. The Hall–Kier alpha value is -0.960. The lowest BCUT2D eigenvalue weighted by molar-refractivity contribution is -0.138. The Balaban J connectivity index is 1.46. The topological polar surface area (TPSA) is 60.9 Å². The van der Waals surface area contributed by atoms with E-state index in [2.05, 4.69) is 21.7 Å². The van der Waals surface area contributed by atoms with E-state index in [0.29, 0.717) is 25.9 Å². The fourth-order valence-corrected chi connectivity index (χ4v) is 4.99. The molecule has 2 aliphatic rings. The third kappa shape index (κ3) is 4.36. The first-order chi connectivity index (χ1) is 11.4. The number of carbonyl (C=O) groups excluding carboxylic acids is 1. The maximum Gasteiger partial charge on any atom is 0.225 e. The van der Waals surface area contributed by atoms with Crippen molar-refractivity contribution < 1.29 is 13.2 Å². The van der Waals surface area contributed by atoms with Gasteiger partial charge in [0.2, 0.25) is 15.9 Å². The number of carbonyl (C=O) groups is 1. The molecule has 0 radical (unpaired) electrons. The molecule has 24 heavy (non-hydrogen) atoms. The molecule has 1 aromatic heterocycles. The standard InChI is InChI=1S/C16H25N3O3S2/c1-24(21,22)19-5-2-15(3-6-19)16(20)18-9-7-17(8-10-18)12-14-4-11-23-13-14/h4,11,13,15H,2-3,5-10,12H2,1H3. The third-order valence-electron chi connectivity index (χ3n) is 4.94. The van der Waals surface area contributed by atoms with Crippen LogP contribution < -0.4 is 0 Å². The van der Waals surface area contributed by atoms with Gasteiger partial charge in [-0.2, -0.15) is 11.3 Å². The van der Waals surface area contributed by atoms with E-state index in [1.165, 1.54) is 16.1 Å². The van der Waals surface area contributed by atoms with Crippen molar-refractivity contribution in [2.24, 2.45) is 5.92 Å². The van der Waals surface area contributed by atoms with E-state index in [4.69, 9.17) is 0 Å². The lowest BCUT2D eigenvalue weighted by atomic mass is 9.96. The molecule has 0 atom stereocenters. The number of nitrogens with zero attached hydrogens (tertiary/aromatic N) is 3. The van der Waals surface area contributed by atoms with Gasteiger partial charge in [0, 0.05) is 51.7 Å². The fourth-order valence-electron chi connectivity index (χ4n) is 3.46. The summed E-state index contributed by atoms with van der Waals surface area (Å²) in [5.41, 5.74) is 1.34. The van der Waals surface area contributed by atoms with Crippen LogP contribution in [0.15, 0.2) is 16.8 Å². The quantitative estimate of drug-likeness (QED) is 0.794. The molecule has 8 heteroatoms. The van der Waals surface area contributed by atoms with Crippen molar-refractivity contribution in [2.45, 2.75) is 19.4 Å². The van der Waals surface area contributed by atoms with Gasteiger partial charge in [0.15, 0.2) is 0 Å². The van der Waals surface area contributed by atoms with Gasteiger partial charge in [0.1, 0.15) is 0 Å². The summed E-state index contributed by atoms with van der Waals surface area (Å²) in [5, 5.41) is 4.27. The van der Waals surface area contributed by atoms with Crippen molar-refractivity contribution in [3.63, 3.8) is 0 Å². The number of rotatable bonds is 4. The highest BCUT2D eigenvalue weighted by Gasteiger charge is 2.32. The number of piperazine rings is 1. The summed E-state index contributed by atoms with van der Waals surface area (Å²) in [6.45, 7) is 5.25. The van der Waals surface area contributed by atoms with Crippen LogP contribution in [0.3, 0.4) is 0 Å². The van der Waals surface area contributed by atoms with Gasteiger partial charge in [-0.3, -0.25) is 9.69 Å². The summed E-state index contributed by atoms with van der Waals surface area (Å²) in [6, 6.07) is 2.15. The molecule has 3 heterocycles. The van der Waals surface area contributed by atoms with Crippen LogP contribution in [0.1, 0.15) is 18.4 Å². The number of sulfonamides is 1. The minimum Gasteiger partial charge on any atom is -0.340 e. The molecule has 0 aromatic carbocycles. The van der Waals surface area contributed by atoms with Gasteiger partial charge in [-0.25, -0.2) is 12.7 Å². The molecule has 6 nitrogen and oxygen atoms in total. The average molecular weight is 372 g/mol. The van der Waals surface area contributed by atoms with Crippen molar-refractivity contribution in [3.8, 4) is 0 Å². The van der Waals surface area contributed by atoms with Crippen molar-refractivity contribution >= 4 is 27.3 Å². The Morgan fingerprint density at radius 2 is 1.83 bits per heavy atom. The van der Waals surface area contributed by atoms with E-state index >= 15 is 0 Å². The van der Waals surface area contributed by atoms with Crippen LogP contribution in [0.25, 0.3) is 0 Å². The van der Waals surface area contributed by atoms with E-state index in [1.54, 1.807) is 11.3 Å². The van der Waals surface area contributed by atoms with Gasteiger partial charge < -0.3 is 4.90 Å². The Kier molecular flexibility index (Phi) is 5.59. The number of amides is 1. The molecule has 1 amide bonds. The number of thiophene rings is 1. The molecule has 0 N–H and O–H groups in total. The van der Waals surface area contributed by atoms with Crippen LogP contribution in [-0.2, 0) is 21.4 Å². The maximum atomic E-state index is 12.7. The first-order valence-corrected chi connectivity index (χ1v) is 11.2. The molecular weight excluding hydrogens is 346 g/mol. The molecule has 2 aliphatic heterocycles. The summed E-state index contributed by atoms with van der Waals surface area (Å²) in [7, 11) is -3.13. The van der Waals surface area contributed by atoms with Gasteiger partial charge in [0.25, 0.3) is 0 Å². The van der Waals surface area contributed by atoms with Crippen LogP contribution in [0.5, 0.6) is 0 Å².